The van der Waals surface area contributed by atoms with Crippen molar-refractivity contribution in [2.75, 3.05) is 13.1 Å². The van der Waals surface area contributed by atoms with Gasteiger partial charge in [-0.1, -0.05) is 12.8 Å². The lowest BCUT2D eigenvalue weighted by Gasteiger charge is -2.47. The van der Waals surface area contributed by atoms with Crippen molar-refractivity contribution in [2.45, 2.75) is 56.7 Å². The Hall–Kier alpha value is -0.0800. The van der Waals surface area contributed by atoms with Crippen molar-refractivity contribution in [2.24, 2.45) is 0 Å². The Bertz CT molecular complexity index is 193. The first-order valence-electron chi connectivity index (χ1n) is 5.94. The zero-order valence-corrected chi connectivity index (χ0v) is 8.34. The monoisotopic (exact) mass is 180 g/mol. The minimum absolute atomic E-state index is 0.842. The van der Waals surface area contributed by atoms with Crippen molar-refractivity contribution >= 4 is 0 Å². The highest BCUT2D eigenvalue weighted by atomic mass is 15.3. The number of nitrogens with one attached hydrogen (secondary N) is 1. The second-order valence-electron chi connectivity index (χ2n) is 4.90. The number of piperazine rings is 1. The lowest BCUT2D eigenvalue weighted by Crippen LogP contribution is -2.61. The van der Waals surface area contributed by atoms with Gasteiger partial charge in [0.05, 0.1) is 0 Å². The lowest BCUT2D eigenvalue weighted by molar-refractivity contribution is 0.0487. The fraction of sp³-hybridized carbons (Fsp3) is 1.00. The smallest absolute Gasteiger partial charge is 0.0252 e. The predicted octanol–water partition coefficient (Wildman–Crippen LogP) is 1.37. The van der Waals surface area contributed by atoms with Gasteiger partial charge in [0.1, 0.15) is 0 Å². The van der Waals surface area contributed by atoms with Crippen LogP contribution in [0, 0.1) is 0 Å². The van der Waals surface area contributed by atoms with Gasteiger partial charge in [0, 0.05) is 24.7 Å². The van der Waals surface area contributed by atoms with Gasteiger partial charge in [-0.25, -0.2) is 0 Å². The fourth-order valence-electron chi connectivity index (χ4n) is 3.54. The topological polar surface area (TPSA) is 15.3 Å². The summed E-state index contributed by atoms with van der Waals surface area (Å²) >= 11 is 0. The molecule has 0 aromatic carbocycles. The SMILES string of the molecule is C1CCN2C(C1)CNC1CCCC12. The second-order valence-corrected chi connectivity index (χ2v) is 4.90. The summed E-state index contributed by atoms with van der Waals surface area (Å²) in [6, 6.07) is 2.63. The summed E-state index contributed by atoms with van der Waals surface area (Å²) in [6.45, 7) is 2.65. The van der Waals surface area contributed by atoms with E-state index < -0.39 is 0 Å². The minimum Gasteiger partial charge on any atom is -0.311 e. The Balaban J connectivity index is 1.77. The van der Waals surface area contributed by atoms with E-state index in [2.05, 4.69) is 10.2 Å². The van der Waals surface area contributed by atoms with Gasteiger partial charge >= 0.3 is 0 Å². The van der Waals surface area contributed by atoms with Gasteiger partial charge in [-0.3, -0.25) is 4.90 Å². The van der Waals surface area contributed by atoms with Gasteiger partial charge in [0.2, 0.25) is 0 Å². The fourth-order valence-corrected chi connectivity index (χ4v) is 3.54. The molecule has 0 bridgehead atoms. The summed E-state index contributed by atoms with van der Waals surface area (Å²) < 4.78 is 0. The van der Waals surface area contributed by atoms with E-state index in [4.69, 9.17) is 0 Å². The molecule has 0 radical (unpaired) electrons. The van der Waals surface area contributed by atoms with Crippen LogP contribution in [0.3, 0.4) is 0 Å². The number of nitrogens with zero attached hydrogens (tertiary/aromatic N) is 1. The third-order valence-corrected chi connectivity index (χ3v) is 4.19. The van der Waals surface area contributed by atoms with E-state index in [0.717, 1.165) is 18.1 Å². The van der Waals surface area contributed by atoms with Gasteiger partial charge < -0.3 is 5.32 Å². The second kappa shape index (κ2) is 3.25. The van der Waals surface area contributed by atoms with Gasteiger partial charge in [-0.2, -0.15) is 0 Å². The van der Waals surface area contributed by atoms with E-state index >= 15 is 0 Å². The van der Waals surface area contributed by atoms with Crippen LogP contribution in [0.2, 0.25) is 0 Å². The predicted molar refractivity (Wildman–Crippen MR) is 53.8 cm³/mol. The van der Waals surface area contributed by atoms with E-state index in [-0.39, 0.29) is 0 Å². The molecule has 2 heteroatoms. The summed E-state index contributed by atoms with van der Waals surface area (Å²) in [4.78, 5) is 2.82. The average Bonchev–Trinajstić information content (AvgIpc) is 2.65. The molecule has 2 nitrogen and oxygen atoms in total. The summed E-state index contributed by atoms with van der Waals surface area (Å²) in [5.41, 5.74) is 0. The molecule has 13 heavy (non-hydrogen) atoms. The Labute approximate surface area is 80.7 Å². The number of rotatable bonds is 0. The van der Waals surface area contributed by atoms with Crippen LogP contribution in [-0.4, -0.2) is 36.1 Å². The first-order valence-corrected chi connectivity index (χ1v) is 5.94. The molecule has 3 aliphatic rings. The zero-order chi connectivity index (χ0) is 8.67. The van der Waals surface area contributed by atoms with E-state index in [9.17, 15) is 0 Å². The van der Waals surface area contributed by atoms with Crippen LogP contribution in [0.1, 0.15) is 38.5 Å². The molecule has 0 spiro atoms. The molecular formula is C11H20N2. The first-order chi connectivity index (χ1) is 6.45. The highest BCUT2D eigenvalue weighted by molar-refractivity contribution is 4.99. The van der Waals surface area contributed by atoms with Crippen LogP contribution in [0.5, 0.6) is 0 Å². The highest BCUT2D eigenvalue weighted by Gasteiger charge is 2.40. The molecule has 1 saturated carbocycles. The lowest BCUT2D eigenvalue weighted by atomic mass is 9.94. The van der Waals surface area contributed by atoms with Crippen molar-refractivity contribution in [1.82, 2.24) is 10.2 Å². The summed E-state index contributed by atoms with van der Waals surface area (Å²) in [5, 5.41) is 3.74. The van der Waals surface area contributed by atoms with Crippen molar-refractivity contribution in [1.29, 1.82) is 0 Å². The molecule has 3 unspecified atom stereocenters. The van der Waals surface area contributed by atoms with E-state index in [1.165, 1.54) is 51.6 Å². The molecule has 1 N–H and O–H groups in total. The standard InChI is InChI=1S/C11H20N2/c1-2-7-13-9(4-1)8-12-10-5-3-6-11(10)13/h9-12H,1-8H2. The average molecular weight is 180 g/mol. The Morgan fingerprint density at radius 1 is 1.00 bits per heavy atom. The molecule has 0 aromatic rings. The van der Waals surface area contributed by atoms with Gasteiger partial charge in [0.15, 0.2) is 0 Å². The molecule has 2 saturated heterocycles. The Morgan fingerprint density at radius 3 is 3.00 bits per heavy atom. The Morgan fingerprint density at radius 2 is 2.00 bits per heavy atom. The Kier molecular flexibility index (Phi) is 2.06. The molecule has 2 aliphatic heterocycles. The number of fused-ring (bicyclic) bond motifs is 3. The molecule has 74 valence electrons. The van der Waals surface area contributed by atoms with Gasteiger partial charge in [0.25, 0.3) is 0 Å². The quantitative estimate of drug-likeness (QED) is 0.605. The molecular weight excluding hydrogens is 160 g/mol. The number of piperidine rings is 1. The molecule has 0 amide bonds. The molecule has 3 atom stereocenters. The van der Waals surface area contributed by atoms with Gasteiger partial charge in [-0.15, -0.1) is 0 Å². The van der Waals surface area contributed by atoms with Crippen LogP contribution in [-0.2, 0) is 0 Å². The molecule has 2 heterocycles. The minimum atomic E-state index is 0.842. The number of hydrogen-bond acceptors (Lipinski definition) is 2. The highest BCUT2D eigenvalue weighted by Crippen LogP contribution is 2.32. The summed E-state index contributed by atoms with van der Waals surface area (Å²) in [5.74, 6) is 0. The van der Waals surface area contributed by atoms with Gasteiger partial charge in [-0.05, 0) is 32.2 Å². The maximum atomic E-state index is 3.74. The van der Waals surface area contributed by atoms with Crippen molar-refractivity contribution in [3.05, 3.63) is 0 Å². The summed E-state index contributed by atoms with van der Waals surface area (Å²) in [6.07, 6.45) is 8.67. The van der Waals surface area contributed by atoms with E-state index in [1.807, 2.05) is 0 Å². The van der Waals surface area contributed by atoms with Crippen LogP contribution >= 0.6 is 0 Å². The maximum Gasteiger partial charge on any atom is 0.0252 e. The van der Waals surface area contributed by atoms with E-state index in [0.29, 0.717) is 0 Å². The van der Waals surface area contributed by atoms with Crippen LogP contribution in [0.15, 0.2) is 0 Å². The van der Waals surface area contributed by atoms with Crippen LogP contribution in [0.25, 0.3) is 0 Å². The first kappa shape index (κ1) is 8.25. The largest absolute Gasteiger partial charge is 0.311 e. The molecule has 1 aliphatic carbocycles. The zero-order valence-electron chi connectivity index (χ0n) is 8.34. The van der Waals surface area contributed by atoms with E-state index in [1.54, 1.807) is 0 Å². The van der Waals surface area contributed by atoms with Crippen LogP contribution in [0.4, 0.5) is 0 Å². The van der Waals surface area contributed by atoms with Crippen molar-refractivity contribution in [3.8, 4) is 0 Å². The van der Waals surface area contributed by atoms with Crippen molar-refractivity contribution < 1.29 is 0 Å². The third-order valence-electron chi connectivity index (χ3n) is 4.19. The van der Waals surface area contributed by atoms with Crippen LogP contribution < -0.4 is 5.32 Å². The normalized spacial score (nSPS) is 45.7. The maximum absolute atomic E-state index is 3.74. The summed E-state index contributed by atoms with van der Waals surface area (Å²) in [7, 11) is 0. The molecule has 3 fully saturated rings. The van der Waals surface area contributed by atoms with Crippen molar-refractivity contribution in [3.63, 3.8) is 0 Å². The third kappa shape index (κ3) is 1.31. The molecule has 3 rings (SSSR count). The number of hydrogen-bond donors (Lipinski definition) is 1. The molecule has 0 aromatic heterocycles.